The van der Waals surface area contributed by atoms with E-state index in [4.69, 9.17) is 11.0 Å². The van der Waals surface area contributed by atoms with Gasteiger partial charge in [0.15, 0.2) is 0 Å². The number of hydrogen-bond donors (Lipinski definition) is 1. The van der Waals surface area contributed by atoms with Gasteiger partial charge in [-0.05, 0) is 34.1 Å². The molecule has 2 aromatic rings. The van der Waals surface area contributed by atoms with Crippen molar-refractivity contribution in [2.75, 3.05) is 17.7 Å². The molecule has 0 bridgehead atoms. The summed E-state index contributed by atoms with van der Waals surface area (Å²) in [5.41, 5.74) is 7.93. The van der Waals surface area contributed by atoms with Crippen LogP contribution in [0.25, 0.3) is 0 Å². The minimum atomic E-state index is 0.520. The second kappa shape index (κ2) is 5.42. The third kappa shape index (κ3) is 2.66. The topological polar surface area (TPSA) is 53.0 Å². The Morgan fingerprint density at radius 1 is 1.50 bits per heavy atom. The maximum atomic E-state index is 8.97. The van der Waals surface area contributed by atoms with Crippen LogP contribution in [0, 0.1) is 11.3 Å². The van der Waals surface area contributed by atoms with Crippen molar-refractivity contribution < 1.29 is 0 Å². The minimum Gasteiger partial charge on any atom is -0.396 e. The molecule has 0 aliphatic rings. The lowest BCUT2D eigenvalue weighted by molar-refractivity contribution is 0.941. The zero-order valence-electron chi connectivity index (χ0n) is 9.85. The van der Waals surface area contributed by atoms with Crippen LogP contribution in [-0.4, -0.2) is 7.05 Å². The predicted molar refractivity (Wildman–Crippen MR) is 79.7 cm³/mol. The van der Waals surface area contributed by atoms with Crippen molar-refractivity contribution in [3.8, 4) is 6.07 Å². The van der Waals surface area contributed by atoms with Gasteiger partial charge in [-0.1, -0.05) is 6.07 Å². The molecule has 0 spiro atoms. The summed E-state index contributed by atoms with van der Waals surface area (Å²) in [6.45, 7) is 0.773. The Hall–Kier alpha value is -1.51. The number of nitrogens with zero attached hydrogens (tertiary/aromatic N) is 2. The van der Waals surface area contributed by atoms with Crippen molar-refractivity contribution in [1.29, 1.82) is 5.26 Å². The van der Waals surface area contributed by atoms with Crippen LogP contribution in [0.3, 0.4) is 0 Å². The standard InChI is InChI=1S/C13H12BrN3S/c1-17(7-11-5-10(14)8-18-11)12-4-2-3-9(6-15)13(12)16/h2-5,8H,7,16H2,1H3. The first-order valence-electron chi connectivity index (χ1n) is 5.34. The van der Waals surface area contributed by atoms with Crippen LogP contribution in [0.15, 0.2) is 34.1 Å². The fraction of sp³-hybridized carbons (Fsp3) is 0.154. The minimum absolute atomic E-state index is 0.520. The number of nitrogens with two attached hydrogens (primary N) is 1. The quantitative estimate of drug-likeness (QED) is 0.879. The number of rotatable bonds is 3. The summed E-state index contributed by atoms with van der Waals surface area (Å²) in [5, 5.41) is 11.0. The van der Waals surface area contributed by atoms with E-state index in [1.165, 1.54) is 4.88 Å². The fourth-order valence-electron chi connectivity index (χ4n) is 1.74. The van der Waals surface area contributed by atoms with Gasteiger partial charge in [0.05, 0.1) is 23.5 Å². The Morgan fingerprint density at radius 3 is 2.89 bits per heavy atom. The second-order valence-electron chi connectivity index (χ2n) is 3.94. The summed E-state index contributed by atoms with van der Waals surface area (Å²) < 4.78 is 1.09. The van der Waals surface area contributed by atoms with Crippen molar-refractivity contribution >= 4 is 38.6 Å². The molecule has 1 heterocycles. The van der Waals surface area contributed by atoms with Crippen LogP contribution in [-0.2, 0) is 6.54 Å². The number of nitriles is 1. The van der Waals surface area contributed by atoms with Gasteiger partial charge < -0.3 is 10.6 Å². The molecular weight excluding hydrogens is 310 g/mol. The zero-order valence-corrected chi connectivity index (χ0v) is 12.3. The molecular formula is C13H12BrN3S. The van der Waals surface area contributed by atoms with Gasteiger partial charge in [-0.15, -0.1) is 11.3 Å². The smallest absolute Gasteiger partial charge is 0.101 e. The Bertz CT molecular complexity index is 601. The van der Waals surface area contributed by atoms with E-state index in [1.807, 2.05) is 19.2 Å². The lowest BCUT2D eigenvalue weighted by Gasteiger charge is -2.20. The van der Waals surface area contributed by atoms with Gasteiger partial charge in [-0.3, -0.25) is 0 Å². The van der Waals surface area contributed by atoms with E-state index in [2.05, 4.69) is 38.3 Å². The molecule has 5 heteroatoms. The van der Waals surface area contributed by atoms with Crippen LogP contribution < -0.4 is 10.6 Å². The zero-order chi connectivity index (χ0) is 13.1. The van der Waals surface area contributed by atoms with Crippen LogP contribution in [0.2, 0.25) is 0 Å². The van der Waals surface area contributed by atoms with Gasteiger partial charge in [-0.2, -0.15) is 5.26 Å². The van der Waals surface area contributed by atoms with Crippen LogP contribution >= 0.6 is 27.3 Å². The van der Waals surface area contributed by atoms with Gasteiger partial charge >= 0.3 is 0 Å². The molecule has 0 saturated carbocycles. The van der Waals surface area contributed by atoms with E-state index >= 15 is 0 Å². The number of para-hydroxylation sites is 1. The molecule has 0 aliphatic carbocycles. The molecule has 18 heavy (non-hydrogen) atoms. The number of anilines is 2. The average Bonchev–Trinajstić information content (AvgIpc) is 2.75. The summed E-state index contributed by atoms with van der Waals surface area (Å²) in [6.07, 6.45) is 0. The first-order valence-corrected chi connectivity index (χ1v) is 7.01. The molecule has 0 amide bonds. The molecule has 0 fully saturated rings. The van der Waals surface area contributed by atoms with E-state index in [0.29, 0.717) is 11.3 Å². The molecule has 1 aromatic carbocycles. The number of thiophene rings is 1. The molecule has 0 aliphatic heterocycles. The molecule has 1 aromatic heterocycles. The van der Waals surface area contributed by atoms with Crippen molar-refractivity contribution in [2.24, 2.45) is 0 Å². The first kappa shape index (κ1) is 12.9. The number of benzene rings is 1. The monoisotopic (exact) mass is 321 g/mol. The predicted octanol–water partition coefficient (Wildman–Crippen LogP) is 3.60. The summed E-state index contributed by atoms with van der Waals surface area (Å²) in [6, 6.07) is 9.70. The summed E-state index contributed by atoms with van der Waals surface area (Å²) in [5.74, 6) is 0. The maximum Gasteiger partial charge on any atom is 0.101 e. The Morgan fingerprint density at radius 2 is 2.28 bits per heavy atom. The van der Waals surface area contributed by atoms with Crippen LogP contribution in [0.4, 0.5) is 11.4 Å². The van der Waals surface area contributed by atoms with Gasteiger partial charge in [0.2, 0.25) is 0 Å². The SMILES string of the molecule is CN(Cc1cc(Br)cs1)c1cccc(C#N)c1N. The van der Waals surface area contributed by atoms with Crippen LogP contribution in [0.5, 0.6) is 0 Å². The number of hydrogen-bond acceptors (Lipinski definition) is 4. The number of halogens is 1. The molecule has 0 saturated heterocycles. The normalized spacial score (nSPS) is 10.1. The molecule has 0 atom stereocenters. The largest absolute Gasteiger partial charge is 0.396 e. The lowest BCUT2D eigenvalue weighted by atomic mass is 10.1. The van der Waals surface area contributed by atoms with Crippen molar-refractivity contribution in [3.63, 3.8) is 0 Å². The van der Waals surface area contributed by atoms with Gasteiger partial charge in [0, 0.05) is 21.8 Å². The molecule has 2 rings (SSSR count). The molecule has 3 nitrogen and oxygen atoms in total. The van der Waals surface area contributed by atoms with Gasteiger partial charge in [-0.25, -0.2) is 0 Å². The lowest BCUT2D eigenvalue weighted by Crippen LogP contribution is -2.17. The summed E-state index contributed by atoms with van der Waals surface area (Å²) in [7, 11) is 1.97. The second-order valence-corrected chi connectivity index (χ2v) is 5.85. The van der Waals surface area contributed by atoms with E-state index in [1.54, 1.807) is 17.4 Å². The van der Waals surface area contributed by atoms with Crippen molar-refractivity contribution in [2.45, 2.75) is 6.54 Å². The highest BCUT2D eigenvalue weighted by Crippen LogP contribution is 2.28. The van der Waals surface area contributed by atoms with Gasteiger partial charge in [0.25, 0.3) is 0 Å². The van der Waals surface area contributed by atoms with Crippen molar-refractivity contribution in [3.05, 3.63) is 44.6 Å². The average molecular weight is 322 g/mol. The Labute approximate surface area is 119 Å². The van der Waals surface area contributed by atoms with Crippen LogP contribution in [0.1, 0.15) is 10.4 Å². The van der Waals surface area contributed by atoms with Gasteiger partial charge in [0.1, 0.15) is 6.07 Å². The summed E-state index contributed by atoms with van der Waals surface area (Å²) in [4.78, 5) is 3.29. The third-order valence-electron chi connectivity index (χ3n) is 2.63. The fourth-order valence-corrected chi connectivity index (χ4v) is 3.24. The molecule has 2 N–H and O–H groups in total. The van der Waals surface area contributed by atoms with E-state index in [0.717, 1.165) is 16.7 Å². The van der Waals surface area contributed by atoms with E-state index < -0.39 is 0 Å². The summed E-state index contributed by atoms with van der Waals surface area (Å²) >= 11 is 5.13. The highest BCUT2D eigenvalue weighted by atomic mass is 79.9. The van der Waals surface area contributed by atoms with E-state index in [-0.39, 0.29) is 0 Å². The van der Waals surface area contributed by atoms with Crippen molar-refractivity contribution in [1.82, 2.24) is 0 Å². The molecule has 0 radical (unpaired) electrons. The number of nitrogen functional groups attached to an aromatic ring is 1. The highest BCUT2D eigenvalue weighted by molar-refractivity contribution is 9.10. The molecule has 92 valence electrons. The maximum absolute atomic E-state index is 8.97. The first-order chi connectivity index (χ1) is 8.61. The third-order valence-corrected chi connectivity index (χ3v) is 4.31. The highest BCUT2D eigenvalue weighted by Gasteiger charge is 2.10. The Kier molecular flexibility index (Phi) is 3.90. The van der Waals surface area contributed by atoms with E-state index in [9.17, 15) is 0 Å². The molecule has 0 unspecified atom stereocenters. The Balaban J connectivity index is 2.24.